The number of para-hydroxylation sites is 1. The molecule has 7 heteroatoms. The van der Waals surface area contributed by atoms with Gasteiger partial charge < -0.3 is 19.7 Å². The van der Waals surface area contributed by atoms with Crippen molar-refractivity contribution in [2.75, 3.05) is 31.6 Å². The summed E-state index contributed by atoms with van der Waals surface area (Å²) in [5.41, 5.74) is 1.45. The van der Waals surface area contributed by atoms with Gasteiger partial charge in [-0.05, 0) is 49.6 Å². The summed E-state index contributed by atoms with van der Waals surface area (Å²) in [5.74, 6) is 0.653. The smallest absolute Gasteiger partial charge is 0.255 e. The van der Waals surface area contributed by atoms with E-state index in [2.05, 4.69) is 5.32 Å². The molecule has 7 nitrogen and oxygen atoms in total. The van der Waals surface area contributed by atoms with Crippen LogP contribution in [0.1, 0.15) is 52.8 Å². The third kappa shape index (κ3) is 5.05. The van der Waals surface area contributed by atoms with Crippen molar-refractivity contribution in [3.05, 3.63) is 53.6 Å². The Bertz CT molecular complexity index is 982. The molecule has 0 radical (unpaired) electrons. The van der Waals surface area contributed by atoms with Crippen molar-refractivity contribution in [2.24, 2.45) is 0 Å². The largest absolute Gasteiger partial charge is 0.486 e. The molecule has 0 aliphatic carbocycles. The van der Waals surface area contributed by atoms with Gasteiger partial charge in [-0.2, -0.15) is 0 Å². The van der Waals surface area contributed by atoms with Crippen LogP contribution in [0.4, 0.5) is 5.69 Å². The fourth-order valence-electron chi connectivity index (χ4n) is 3.85. The quantitative estimate of drug-likeness (QED) is 0.718. The van der Waals surface area contributed by atoms with Crippen LogP contribution in [-0.4, -0.2) is 48.8 Å². The Labute approximate surface area is 181 Å². The van der Waals surface area contributed by atoms with Gasteiger partial charge >= 0.3 is 0 Å². The number of ether oxygens (including phenoxy) is 2. The predicted molar refractivity (Wildman–Crippen MR) is 116 cm³/mol. The number of Topliss-reactive ketones (excluding diaryl/α,β-unsaturated/α-hetero) is 1. The SMILES string of the molecule is O=C(CCC(=O)c1ccc2c(c1)OCCO2)Nc1ccccc1C(=O)N1CCCCC1. The maximum atomic E-state index is 12.9. The number of likely N-dealkylation sites (tertiary alicyclic amines) is 1. The Morgan fingerprint density at radius 2 is 1.61 bits per heavy atom. The first-order valence-corrected chi connectivity index (χ1v) is 10.7. The van der Waals surface area contributed by atoms with E-state index in [-0.39, 0.29) is 30.4 Å². The summed E-state index contributed by atoms with van der Waals surface area (Å²) >= 11 is 0. The lowest BCUT2D eigenvalue weighted by molar-refractivity contribution is -0.116. The monoisotopic (exact) mass is 422 g/mol. The second-order valence-corrected chi connectivity index (χ2v) is 7.73. The van der Waals surface area contributed by atoms with Crippen LogP contribution in [0.15, 0.2) is 42.5 Å². The Morgan fingerprint density at radius 3 is 2.42 bits per heavy atom. The van der Waals surface area contributed by atoms with Crippen LogP contribution in [0.2, 0.25) is 0 Å². The fourth-order valence-corrected chi connectivity index (χ4v) is 3.85. The molecule has 4 rings (SSSR count). The lowest BCUT2D eigenvalue weighted by Crippen LogP contribution is -2.36. The van der Waals surface area contributed by atoms with Gasteiger partial charge in [-0.15, -0.1) is 0 Å². The van der Waals surface area contributed by atoms with Gasteiger partial charge in [0.25, 0.3) is 5.91 Å². The number of hydrogen-bond donors (Lipinski definition) is 1. The van der Waals surface area contributed by atoms with E-state index in [0.29, 0.717) is 41.5 Å². The summed E-state index contributed by atoms with van der Waals surface area (Å²) in [5, 5.41) is 2.80. The van der Waals surface area contributed by atoms with Gasteiger partial charge in [0.15, 0.2) is 17.3 Å². The van der Waals surface area contributed by atoms with E-state index in [1.165, 1.54) is 0 Å². The lowest BCUT2D eigenvalue weighted by atomic mass is 10.0. The van der Waals surface area contributed by atoms with E-state index in [4.69, 9.17) is 9.47 Å². The first-order valence-electron chi connectivity index (χ1n) is 10.7. The molecule has 1 fully saturated rings. The molecule has 2 aromatic rings. The molecule has 0 unspecified atom stereocenters. The molecular formula is C24H26N2O5. The zero-order chi connectivity index (χ0) is 21.6. The number of benzene rings is 2. The van der Waals surface area contributed by atoms with Crippen LogP contribution >= 0.6 is 0 Å². The van der Waals surface area contributed by atoms with Gasteiger partial charge in [-0.1, -0.05) is 12.1 Å². The molecule has 1 N–H and O–H groups in total. The van der Waals surface area contributed by atoms with E-state index < -0.39 is 0 Å². The average Bonchev–Trinajstić information content (AvgIpc) is 2.82. The highest BCUT2D eigenvalue weighted by Crippen LogP contribution is 2.31. The van der Waals surface area contributed by atoms with Crippen molar-refractivity contribution in [2.45, 2.75) is 32.1 Å². The second-order valence-electron chi connectivity index (χ2n) is 7.73. The summed E-state index contributed by atoms with van der Waals surface area (Å²) in [6, 6.07) is 12.1. The van der Waals surface area contributed by atoms with Gasteiger partial charge in [0.1, 0.15) is 13.2 Å². The average molecular weight is 422 g/mol. The highest BCUT2D eigenvalue weighted by molar-refractivity contribution is 6.05. The molecule has 31 heavy (non-hydrogen) atoms. The molecule has 0 saturated carbocycles. The van der Waals surface area contributed by atoms with Gasteiger partial charge in [0.2, 0.25) is 5.91 Å². The second kappa shape index (κ2) is 9.64. The van der Waals surface area contributed by atoms with Crippen LogP contribution in [0, 0.1) is 0 Å². The number of ketones is 1. The van der Waals surface area contributed by atoms with Crippen molar-refractivity contribution in [3.63, 3.8) is 0 Å². The molecule has 0 bridgehead atoms. The number of carbonyl (C=O) groups excluding carboxylic acids is 3. The summed E-state index contributed by atoms with van der Waals surface area (Å²) in [6.07, 6.45) is 3.23. The summed E-state index contributed by atoms with van der Waals surface area (Å²) in [6.45, 7) is 2.42. The molecular weight excluding hydrogens is 396 g/mol. The molecule has 2 aliphatic heterocycles. The van der Waals surface area contributed by atoms with Crippen LogP contribution in [0.3, 0.4) is 0 Å². The molecule has 0 spiro atoms. The maximum Gasteiger partial charge on any atom is 0.255 e. The van der Waals surface area contributed by atoms with E-state index in [0.717, 1.165) is 32.4 Å². The van der Waals surface area contributed by atoms with Crippen LogP contribution in [0.5, 0.6) is 11.5 Å². The number of nitrogens with one attached hydrogen (secondary N) is 1. The predicted octanol–water partition coefficient (Wildman–Crippen LogP) is 3.69. The topological polar surface area (TPSA) is 84.9 Å². The van der Waals surface area contributed by atoms with Crippen LogP contribution in [0.25, 0.3) is 0 Å². The normalized spacial score (nSPS) is 15.3. The molecule has 2 aromatic carbocycles. The minimum Gasteiger partial charge on any atom is -0.486 e. The Hall–Kier alpha value is -3.35. The molecule has 1 saturated heterocycles. The maximum absolute atomic E-state index is 12.9. The number of hydrogen-bond acceptors (Lipinski definition) is 5. The minimum atomic E-state index is -0.301. The number of rotatable bonds is 6. The minimum absolute atomic E-state index is 0.0273. The number of fused-ring (bicyclic) bond motifs is 1. The van der Waals surface area contributed by atoms with E-state index >= 15 is 0 Å². The number of amides is 2. The highest BCUT2D eigenvalue weighted by atomic mass is 16.6. The van der Waals surface area contributed by atoms with E-state index in [1.807, 2.05) is 4.90 Å². The first kappa shape index (κ1) is 20.9. The fraction of sp³-hybridized carbons (Fsp3) is 0.375. The van der Waals surface area contributed by atoms with Crippen molar-refractivity contribution in [3.8, 4) is 11.5 Å². The number of nitrogens with zero attached hydrogens (tertiary/aromatic N) is 1. The molecule has 0 atom stereocenters. The Balaban J connectivity index is 1.36. The molecule has 2 heterocycles. The van der Waals surface area contributed by atoms with Crippen LogP contribution in [-0.2, 0) is 4.79 Å². The van der Waals surface area contributed by atoms with Gasteiger partial charge in [-0.3, -0.25) is 14.4 Å². The number of anilines is 1. The molecule has 2 aliphatic rings. The lowest BCUT2D eigenvalue weighted by Gasteiger charge is -2.27. The number of piperidine rings is 1. The molecule has 2 amide bonds. The first-order chi connectivity index (χ1) is 15.1. The van der Waals surface area contributed by atoms with Gasteiger partial charge in [0, 0.05) is 31.5 Å². The summed E-state index contributed by atoms with van der Waals surface area (Å²) < 4.78 is 11.0. The zero-order valence-corrected chi connectivity index (χ0v) is 17.4. The van der Waals surface area contributed by atoms with E-state index in [9.17, 15) is 14.4 Å². The Kier molecular flexibility index (Phi) is 6.50. The van der Waals surface area contributed by atoms with Crippen molar-refractivity contribution in [1.82, 2.24) is 4.90 Å². The summed E-state index contributed by atoms with van der Waals surface area (Å²) in [4.78, 5) is 39.7. The third-order valence-electron chi connectivity index (χ3n) is 5.52. The number of carbonyl (C=O) groups is 3. The van der Waals surface area contributed by atoms with Crippen molar-refractivity contribution >= 4 is 23.3 Å². The van der Waals surface area contributed by atoms with Crippen LogP contribution < -0.4 is 14.8 Å². The van der Waals surface area contributed by atoms with Gasteiger partial charge in [-0.25, -0.2) is 0 Å². The zero-order valence-electron chi connectivity index (χ0n) is 17.4. The standard InChI is InChI=1S/C24H26N2O5/c27-20(17-8-10-21-22(16-17)31-15-14-30-21)9-11-23(28)25-19-7-3-2-6-18(19)24(29)26-12-4-1-5-13-26/h2-3,6-8,10,16H,1,4-5,9,11-15H2,(H,25,28). The van der Waals surface area contributed by atoms with Gasteiger partial charge in [0.05, 0.1) is 11.3 Å². The third-order valence-corrected chi connectivity index (χ3v) is 5.52. The van der Waals surface area contributed by atoms with Crippen molar-refractivity contribution in [1.29, 1.82) is 0 Å². The van der Waals surface area contributed by atoms with Crippen molar-refractivity contribution < 1.29 is 23.9 Å². The highest BCUT2D eigenvalue weighted by Gasteiger charge is 2.21. The summed E-state index contributed by atoms with van der Waals surface area (Å²) in [7, 11) is 0. The Morgan fingerprint density at radius 1 is 0.871 bits per heavy atom. The molecule has 162 valence electrons. The molecule has 0 aromatic heterocycles. The van der Waals surface area contributed by atoms with E-state index in [1.54, 1.807) is 42.5 Å².